The molecule has 1 aromatic heterocycles. The van der Waals surface area contributed by atoms with Crippen molar-refractivity contribution in [3.05, 3.63) is 25.3 Å². The van der Waals surface area contributed by atoms with Gasteiger partial charge in [0.1, 0.15) is 0 Å². The van der Waals surface area contributed by atoms with Gasteiger partial charge in [-0.15, -0.1) is 0 Å². The zero-order chi connectivity index (χ0) is 6.85. The molecule has 4 heteroatoms. The highest BCUT2D eigenvalue weighted by Crippen LogP contribution is 1.93. The van der Waals surface area contributed by atoms with Crippen LogP contribution in [0, 0.1) is 10.7 Å². The van der Waals surface area contributed by atoms with E-state index in [1.807, 2.05) is 6.92 Å². The van der Waals surface area contributed by atoms with E-state index in [4.69, 9.17) is 12.2 Å². The van der Waals surface area contributed by atoms with Gasteiger partial charge in [0.15, 0.2) is 0 Å². The second-order valence-electron chi connectivity index (χ2n) is 1.66. The molecule has 0 aromatic carbocycles. The van der Waals surface area contributed by atoms with Gasteiger partial charge in [-0.25, -0.2) is 0 Å². The van der Waals surface area contributed by atoms with Crippen LogP contribution in [0.15, 0.2) is 10.9 Å². The number of nitrogens with one attached hydrogen (secondary N) is 1. The Labute approximate surface area is 61.2 Å². The third-order valence-electron chi connectivity index (χ3n) is 0.827. The molecule has 0 saturated heterocycles. The minimum Gasteiger partial charge on any atom is -0.318 e. The molecule has 0 fully saturated rings. The standard InChI is InChI=1S/C5H5NOS2/c1-3-2-4(8)9-5(7)6-3/h2H,1H3,(H,6,7). The van der Waals surface area contributed by atoms with Gasteiger partial charge in [-0.05, 0) is 13.0 Å². The van der Waals surface area contributed by atoms with Crippen LogP contribution in [0.25, 0.3) is 0 Å². The molecule has 0 aliphatic rings. The molecule has 0 unspecified atom stereocenters. The molecule has 0 spiro atoms. The number of hydrogen-bond acceptors (Lipinski definition) is 3. The second-order valence-corrected chi connectivity index (χ2v) is 3.37. The number of aromatic amines is 1. The highest BCUT2D eigenvalue weighted by molar-refractivity contribution is 7.73. The van der Waals surface area contributed by atoms with Crippen LogP contribution < -0.4 is 4.87 Å². The van der Waals surface area contributed by atoms with E-state index in [2.05, 4.69) is 4.98 Å². The Morgan fingerprint density at radius 3 is 2.89 bits per heavy atom. The van der Waals surface area contributed by atoms with Gasteiger partial charge in [-0.3, -0.25) is 4.79 Å². The Hall–Kier alpha value is -0.480. The monoisotopic (exact) mass is 159 g/mol. The molecule has 0 aliphatic heterocycles. The van der Waals surface area contributed by atoms with Gasteiger partial charge in [0.25, 0.3) is 0 Å². The SMILES string of the molecule is Cc1cc(=S)sc(=O)[nH]1. The Morgan fingerprint density at radius 2 is 2.44 bits per heavy atom. The van der Waals surface area contributed by atoms with Crippen molar-refractivity contribution < 1.29 is 0 Å². The molecule has 2 nitrogen and oxygen atoms in total. The Morgan fingerprint density at radius 1 is 1.78 bits per heavy atom. The van der Waals surface area contributed by atoms with Crippen LogP contribution in [0.3, 0.4) is 0 Å². The quantitative estimate of drug-likeness (QED) is 0.581. The van der Waals surface area contributed by atoms with Crippen LogP contribution in [-0.2, 0) is 0 Å². The number of rotatable bonds is 0. The number of H-pyrrole nitrogens is 1. The molecule has 1 N–H and O–H groups in total. The fourth-order valence-electron chi connectivity index (χ4n) is 0.520. The van der Waals surface area contributed by atoms with E-state index in [-0.39, 0.29) is 4.87 Å². The van der Waals surface area contributed by atoms with Gasteiger partial charge in [0.2, 0.25) is 0 Å². The van der Waals surface area contributed by atoms with Crippen molar-refractivity contribution in [1.82, 2.24) is 4.98 Å². The van der Waals surface area contributed by atoms with E-state index >= 15 is 0 Å². The molecule has 1 rings (SSSR count). The topological polar surface area (TPSA) is 32.9 Å². The number of aryl methyl sites for hydroxylation is 1. The van der Waals surface area contributed by atoms with E-state index < -0.39 is 0 Å². The van der Waals surface area contributed by atoms with E-state index in [1.54, 1.807) is 6.07 Å². The first-order valence-electron chi connectivity index (χ1n) is 2.39. The highest BCUT2D eigenvalue weighted by atomic mass is 32.1. The lowest BCUT2D eigenvalue weighted by Crippen LogP contribution is -1.99. The Balaban J connectivity index is 3.52. The van der Waals surface area contributed by atoms with Crippen molar-refractivity contribution in [3.8, 4) is 0 Å². The van der Waals surface area contributed by atoms with Crippen LogP contribution in [-0.4, -0.2) is 4.98 Å². The predicted octanol–water partition coefficient (Wildman–Crippen LogP) is 1.47. The van der Waals surface area contributed by atoms with Crippen LogP contribution in [0.5, 0.6) is 0 Å². The molecule has 0 aliphatic carbocycles. The van der Waals surface area contributed by atoms with Gasteiger partial charge in [0.05, 0.1) is 3.82 Å². The molecular formula is C5H5NOS2. The molecule has 0 amide bonds. The summed E-state index contributed by atoms with van der Waals surface area (Å²) in [6, 6.07) is 1.77. The van der Waals surface area contributed by atoms with Crippen LogP contribution in [0.4, 0.5) is 0 Å². The van der Waals surface area contributed by atoms with Crippen LogP contribution in [0.1, 0.15) is 5.69 Å². The summed E-state index contributed by atoms with van der Waals surface area (Å²) in [5.41, 5.74) is 0.823. The molecule has 1 heterocycles. The first kappa shape index (κ1) is 6.64. The lowest BCUT2D eigenvalue weighted by Gasteiger charge is -1.85. The van der Waals surface area contributed by atoms with Crippen molar-refractivity contribution in [2.75, 3.05) is 0 Å². The van der Waals surface area contributed by atoms with Crippen LogP contribution >= 0.6 is 23.6 Å². The Bertz CT molecular complexity index is 283. The molecule has 0 radical (unpaired) electrons. The average molecular weight is 159 g/mol. The van der Waals surface area contributed by atoms with Crippen molar-refractivity contribution in [3.63, 3.8) is 0 Å². The van der Waals surface area contributed by atoms with Gasteiger partial charge in [-0.1, -0.05) is 23.6 Å². The summed E-state index contributed by atoms with van der Waals surface area (Å²) in [6.45, 7) is 1.81. The second kappa shape index (κ2) is 2.41. The van der Waals surface area contributed by atoms with E-state index in [9.17, 15) is 4.79 Å². The smallest absolute Gasteiger partial charge is 0.305 e. The maximum absolute atomic E-state index is 10.6. The summed E-state index contributed by atoms with van der Waals surface area (Å²) in [5.74, 6) is 0. The predicted molar refractivity (Wildman–Crippen MR) is 40.5 cm³/mol. The summed E-state index contributed by atoms with van der Waals surface area (Å²) in [5, 5.41) is 0. The van der Waals surface area contributed by atoms with Gasteiger partial charge in [0, 0.05) is 5.69 Å². The molecule has 0 atom stereocenters. The van der Waals surface area contributed by atoms with Gasteiger partial charge >= 0.3 is 4.87 Å². The van der Waals surface area contributed by atoms with Crippen molar-refractivity contribution in [1.29, 1.82) is 0 Å². The summed E-state index contributed by atoms with van der Waals surface area (Å²) in [6.07, 6.45) is 0. The Kier molecular flexibility index (Phi) is 1.78. The fourth-order valence-corrected chi connectivity index (χ4v) is 1.55. The summed E-state index contributed by atoms with van der Waals surface area (Å²) in [7, 11) is 0. The van der Waals surface area contributed by atoms with Gasteiger partial charge < -0.3 is 4.98 Å². The number of hydrogen-bond donors (Lipinski definition) is 1. The lowest BCUT2D eigenvalue weighted by atomic mass is 10.5. The first-order chi connectivity index (χ1) is 4.18. The van der Waals surface area contributed by atoms with E-state index in [1.165, 1.54) is 0 Å². The third kappa shape index (κ3) is 1.73. The number of aromatic nitrogens is 1. The normalized spacial score (nSPS) is 9.44. The zero-order valence-electron chi connectivity index (χ0n) is 4.80. The third-order valence-corrected chi connectivity index (χ3v) is 1.80. The highest BCUT2D eigenvalue weighted by Gasteiger charge is 1.85. The van der Waals surface area contributed by atoms with E-state index in [0.717, 1.165) is 17.0 Å². The molecular weight excluding hydrogens is 154 g/mol. The average Bonchev–Trinajstić information content (AvgIpc) is 1.59. The molecule has 0 saturated carbocycles. The molecule has 0 bridgehead atoms. The van der Waals surface area contributed by atoms with Crippen molar-refractivity contribution in [2.24, 2.45) is 0 Å². The van der Waals surface area contributed by atoms with Crippen LogP contribution in [0.2, 0.25) is 0 Å². The molecule has 9 heavy (non-hydrogen) atoms. The largest absolute Gasteiger partial charge is 0.318 e. The molecule has 48 valence electrons. The molecule has 1 aromatic rings. The maximum Gasteiger partial charge on any atom is 0.305 e. The minimum atomic E-state index is -0.0833. The zero-order valence-corrected chi connectivity index (χ0v) is 6.44. The summed E-state index contributed by atoms with van der Waals surface area (Å²) in [4.78, 5) is 13.1. The van der Waals surface area contributed by atoms with Crippen molar-refractivity contribution in [2.45, 2.75) is 6.92 Å². The van der Waals surface area contributed by atoms with Gasteiger partial charge in [-0.2, -0.15) is 0 Å². The van der Waals surface area contributed by atoms with E-state index in [0.29, 0.717) is 3.82 Å². The minimum absolute atomic E-state index is 0.0833. The summed E-state index contributed by atoms with van der Waals surface area (Å²) >= 11 is 5.84. The fraction of sp³-hybridized carbons (Fsp3) is 0.200. The van der Waals surface area contributed by atoms with Crippen molar-refractivity contribution >= 4 is 23.6 Å². The lowest BCUT2D eigenvalue weighted by molar-refractivity contribution is 1.19. The first-order valence-corrected chi connectivity index (χ1v) is 3.62. The maximum atomic E-state index is 10.6. The summed E-state index contributed by atoms with van der Waals surface area (Å²) < 4.78 is 0.635.